The second-order valence-corrected chi connectivity index (χ2v) is 5.20. The first-order chi connectivity index (χ1) is 10.3. The van der Waals surface area contributed by atoms with E-state index >= 15 is 0 Å². The smallest absolute Gasteiger partial charge is 0.292 e. The van der Waals surface area contributed by atoms with Gasteiger partial charge in [0, 0.05) is 7.05 Å². The van der Waals surface area contributed by atoms with E-state index in [1.54, 1.807) is 7.05 Å². The molecule has 2 aromatic rings. The van der Waals surface area contributed by atoms with E-state index in [4.69, 9.17) is 4.52 Å². The molecule has 2 N–H and O–H groups in total. The molecule has 1 amide bonds. The SMILES string of the molecule is CNC(=O)c1noc(C2(c3ccccc3)CCNCC2)n1. The maximum absolute atomic E-state index is 11.6. The van der Waals surface area contributed by atoms with Gasteiger partial charge in [-0.05, 0) is 31.5 Å². The lowest BCUT2D eigenvalue weighted by molar-refractivity contribution is 0.0950. The number of carbonyl (C=O) groups excluding carboxylic acids is 1. The quantitative estimate of drug-likeness (QED) is 0.883. The lowest BCUT2D eigenvalue weighted by atomic mass is 9.73. The Morgan fingerprint density at radius 2 is 2.00 bits per heavy atom. The summed E-state index contributed by atoms with van der Waals surface area (Å²) in [6.07, 6.45) is 1.73. The third-order valence-electron chi connectivity index (χ3n) is 4.05. The number of amides is 1. The number of carbonyl (C=O) groups is 1. The molecule has 6 nitrogen and oxygen atoms in total. The molecule has 21 heavy (non-hydrogen) atoms. The van der Waals surface area contributed by atoms with Crippen molar-refractivity contribution in [3.05, 3.63) is 47.6 Å². The molecule has 3 rings (SSSR count). The molecule has 1 aliphatic heterocycles. The summed E-state index contributed by atoms with van der Waals surface area (Å²) in [6, 6.07) is 10.2. The van der Waals surface area contributed by atoms with Crippen LogP contribution >= 0.6 is 0 Å². The summed E-state index contributed by atoms with van der Waals surface area (Å²) in [5.41, 5.74) is 0.838. The normalized spacial score (nSPS) is 17.4. The Morgan fingerprint density at radius 1 is 1.29 bits per heavy atom. The van der Waals surface area contributed by atoms with Crippen LogP contribution in [-0.2, 0) is 5.41 Å². The summed E-state index contributed by atoms with van der Waals surface area (Å²) in [5.74, 6) is 0.275. The lowest BCUT2D eigenvalue weighted by Gasteiger charge is -2.34. The lowest BCUT2D eigenvalue weighted by Crippen LogP contribution is -2.41. The van der Waals surface area contributed by atoms with Crippen molar-refractivity contribution in [2.24, 2.45) is 0 Å². The second-order valence-electron chi connectivity index (χ2n) is 5.20. The zero-order valence-electron chi connectivity index (χ0n) is 11.9. The van der Waals surface area contributed by atoms with Gasteiger partial charge in [0.15, 0.2) is 0 Å². The fourth-order valence-corrected chi connectivity index (χ4v) is 2.86. The van der Waals surface area contributed by atoms with Crippen molar-refractivity contribution in [2.75, 3.05) is 20.1 Å². The van der Waals surface area contributed by atoms with Crippen LogP contribution in [0.2, 0.25) is 0 Å². The minimum Gasteiger partial charge on any atom is -0.352 e. The standard InChI is InChI=1S/C15H18N4O2/c1-16-13(20)12-18-14(21-19-12)15(7-9-17-10-8-15)11-5-3-2-4-6-11/h2-6,17H,7-10H2,1H3,(H,16,20). The maximum Gasteiger partial charge on any atom is 0.292 e. The Morgan fingerprint density at radius 3 is 2.67 bits per heavy atom. The van der Waals surface area contributed by atoms with Crippen LogP contribution in [0.3, 0.4) is 0 Å². The van der Waals surface area contributed by atoms with Gasteiger partial charge in [-0.25, -0.2) is 0 Å². The molecule has 0 aliphatic carbocycles. The van der Waals surface area contributed by atoms with Crippen LogP contribution in [0.5, 0.6) is 0 Å². The Hall–Kier alpha value is -2.21. The van der Waals surface area contributed by atoms with Gasteiger partial charge in [-0.15, -0.1) is 0 Å². The molecule has 1 fully saturated rings. The van der Waals surface area contributed by atoms with E-state index in [-0.39, 0.29) is 17.1 Å². The number of nitrogens with zero attached hydrogens (tertiary/aromatic N) is 2. The van der Waals surface area contributed by atoms with Crippen molar-refractivity contribution in [3.8, 4) is 0 Å². The van der Waals surface area contributed by atoms with Crippen molar-refractivity contribution in [1.82, 2.24) is 20.8 Å². The fraction of sp³-hybridized carbons (Fsp3) is 0.400. The highest BCUT2D eigenvalue weighted by Crippen LogP contribution is 2.39. The second kappa shape index (κ2) is 5.65. The molecule has 0 atom stereocenters. The Labute approximate surface area is 122 Å². The van der Waals surface area contributed by atoms with Gasteiger partial charge >= 0.3 is 0 Å². The molecule has 1 aliphatic rings. The van der Waals surface area contributed by atoms with Crippen LogP contribution in [-0.4, -0.2) is 36.2 Å². The number of rotatable bonds is 3. The first kappa shape index (κ1) is 13.8. The number of hydrogen-bond acceptors (Lipinski definition) is 5. The van der Waals surface area contributed by atoms with Crippen LogP contribution in [0.15, 0.2) is 34.9 Å². The van der Waals surface area contributed by atoms with Gasteiger partial charge in [0.1, 0.15) is 0 Å². The van der Waals surface area contributed by atoms with Gasteiger partial charge in [0.05, 0.1) is 5.41 Å². The van der Waals surface area contributed by atoms with E-state index in [0.717, 1.165) is 31.5 Å². The summed E-state index contributed by atoms with van der Waals surface area (Å²) in [6.45, 7) is 1.76. The molecule has 1 aromatic carbocycles. The zero-order valence-corrected chi connectivity index (χ0v) is 11.9. The highest BCUT2D eigenvalue weighted by Gasteiger charge is 2.41. The van der Waals surface area contributed by atoms with E-state index in [1.807, 2.05) is 18.2 Å². The first-order valence-electron chi connectivity index (χ1n) is 7.09. The van der Waals surface area contributed by atoms with Crippen molar-refractivity contribution in [1.29, 1.82) is 0 Å². The average molecular weight is 286 g/mol. The van der Waals surface area contributed by atoms with Crippen molar-refractivity contribution >= 4 is 5.91 Å². The van der Waals surface area contributed by atoms with E-state index in [9.17, 15) is 4.79 Å². The van der Waals surface area contributed by atoms with Crippen LogP contribution < -0.4 is 10.6 Å². The summed E-state index contributed by atoms with van der Waals surface area (Å²) < 4.78 is 5.44. The van der Waals surface area contributed by atoms with Crippen LogP contribution in [0.1, 0.15) is 34.9 Å². The third kappa shape index (κ3) is 2.42. The zero-order chi connectivity index (χ0) is 14.7. The van der Waals surface area contributed by atoms with Crippen molar-refractivity contribution in [2.45, 2.75) is 18.3 Å². The number of piperidine rings is 1. The highest BCUT2D eigenvalue weighted by atomic mass is 16.5. The van der Waals surface area contributed by atoms with Gasteiger partial charge in [-0.2, -0.15) is 4.98 Å². The Balaban J connectivity index is 2.04. The molecule has 0 unspecified atom stereocenters. The Kier molecular flexibility index (Phi) is 3.70. The van der Waals surface area contributed by atoms with E-state index in [2.05, 4.69) is 32.9 Å². The summed E-state index contributed by atoms with van der Waals surface area (Å²) >= 11 is 0. The molecule has 1 saturated heterocycles. The van der Waals surface area contributed by atoms with Crippen molar-refractivity contribution < 1.29 is 9.32 Å². The molecule has 110 valence electrons. The Bertz CT molecular complexity index is 618. The molecule has 0 spiro atoms. The molecule has 6 heteroatoms. The molecule has 0 saturated carbocycles. The van der Waals surface area contributed by atoms with Gasteiger partial charge in [-0.3, -0.25) is 4.79 Å². The predicted molar refractivity (Wildman–Crippen MR) is 77.0 cm³/mol. The minimum atomic E-state index is -0.331. The number of benzene rings is 1. The van der Waals surface area contributed by atoms with E-state index < -0.39 is 0 Å². The van der Waals surface area contributed by atoms with Gasteiger partial charge < -0.3 is 15.2 Å². The summed E-state index contributed by atoms with van der Waals surface area (Å²) in [5, 5.41) is 9.68. The molecule has 1 aromatic heterocycles. The molecule has 0 bridgehead atoms. The largest absolute Gasteiger partial charge is 0.352 e. The molecule has 2 heterocycles. The fourth-order valence-electron chi connectivity index (χ4n) is 2.86. The van der Waals surface area contributed by atoms with Gasteiger partial charge in [0.2, 0.25) is 5.89 Å². The maximum atomic E-state index is 11.6. The molecular weight excluding hydrogens is 268 g/mol. The van der Waals surface area contributed by atoms with Gasteiger partial charge in [0.25, 0.3) is 11.7 Å². The van der Waals surface area contributed by atoms with Crippen LogP contribution in [0, 0.1) is 0 Å². The highest BCUT2D eigenvalue weighted by molar-refractivity contribution is 5.89. The van der Waals surface area contributed by atoms with E-state index in [1.165, 1.54) is 0 Å². The first-order valence-corrected chi connectivity index (χ1v) is 7.09. The van der Waals surface area contributed by atoms with Crippen molar-refractivity contribution in [3.63, 3.8) is 0 Å². The van der Waals surface area contributed by atoms with Gasteiger partial charge in [-0.1, -0.05) is 35.5 Å². The average Bonchev–Trinajstić information content (AvgIpc) is 3.06. The topological polar surface area (TPSA) is 80.0 Å². The number of hydrogen-bond donors (Lipinski definition) is 2. The van der Waals surface area contributed by atoms with Crippen LogP contribution in [0.25, 0.3) is 0 Å². The number of nitrogens with one attached hydrogen (secondary N) is 2. The predicted octanol–water partition coefficient (Wildman–Crippen LogP) is 1.10. The minimum absolute atomic E-state index is 0.0846. The van der Waals surface area contributed by atoms with E-state index in [0.29, 0.717) is 5.89 Å². The van der Waals surface area contributed by atoms with Crippen LogP contribution in [0.4, 0.5) is 0 Å². The third-order valence-corrected chi connectivity index (χ3v) is 4.05. The monoisotopic (exact) mass is 286 g/mol. The summed E-state index contributed by atoms with van der Waals surface area (Å²) in [4.78, 5) is 16.0. The molecule has 0 radical (unpaired) electrons. The molecular formula is C15H18N4O2. The number of aromatic nitrogens is 2. The summed E-state index contributed by atoms with van der Waals surface area (Å²) in [7, 11) is 1.55.